The maximum Gasteiger partial charge on any atom is 0.263 e. The van der Waals surface area contributed by atoms with E-state index in [-0.39, 0.29) is 0 Å². The quantitative estimate of drug-likeness (QED) is 0.496. The fourth-order valence-electron chi connectivity index (χ4n) is 3.61. The van der Waals surface area contributed by atoms with Gasteiger partial charge in [-0.15, -0.1) is 0 Å². The molecule has 0 atom stereocenters. The van der Waals surface area contributed by atoms with Gasteiger partial charge in [0.05, 0.1) is 10.6 Å². The van der Waals surface area contributed by atoms with Gasteiger partial charge in [-0.3, -0.25) is 15.1 Å². The van der Waals surface area contributed by atoms with Crippen molar-refractivity contribution < 1.29 is 13.6 Å². The second-order valence-corrected chi connectivity index (χ2v) is 8.27. The summed E-state index contributed by atoms with van der Waals surface area (Å²) in [6.45, 7) is 3.90. The third kappa shape index (κ3) is 4.32. The molecular weight excluding hydrogens is 416 g/mol. The van der Waals surface area contributed by atoms with Crippen LogP contribution in [0.4, 0.5) is 13.9 Å². The Morgan fingerprint density at radius 3 is 2.71 bits per heavy atom. The van der Waals surface area contributed by atoms with Gasteiger partial charge in [0.15, 0.2) is 5.13 Å². The summed E-state index contributed by atoms with van der Waals surface area (Å²) >= 11 is 1.32. The first kappa shape index (κ1) is 21.1. The minimum atomic E-state index is -0.900. The Bertz CT molecular complexity index is 1190. The zero-order valence-electron chi connectivity index (χ0n) is 17.2. The molecule has 1 amide bonds. The van der Waals surface area contributed by atoms with Crippen molar-refractivity contribution in [2.45, 2.75) is 33.1 Å². The molecule has 1 aliphatic carbocycles. The monoisotopic (exact) mass is 437 g/mol. The molecule has 0 radical (unpaired) electrons. The van der Waals surface area contributed by atoms with Crippen LogP contribution >= 0.6 is 11.3 Å². The molecule has 31 heavy (non-hydrogen) atoms. The van der Waals surface area contributed by atoms with Crippen LogP contribution in [0.2, 0.25) is 0 Å². The zero-order valence-corrected chi connectivity index (χ0v) is 18.0. The molecular formula is C24H21F2N3OS. The number of aryl methyl sites for hydroxylation is 2. The van der Waals surface area contributed by atoms with Crippen molar-refractivity contribution in [3.05, 3.63) is 82.7 Å². The van der Waals surface area contributed by atoms with Gasteiger partial charge in [-0.25, -0.2) is 13.8 Å². The fraction of sp³-hybridized carbons (Fsp3) is 0.208. The summed E-state index contributed by atoms with van der Waals surface area (Å²) < 4.78 is 27.9. The number of rotatable bonds is 4. The molecule has 0 bridgehead atoms. The van der Waals surface area contributed by atoms with Crippen LogP contribution in [0.5, 0.6) is 0 Å². The van der Waals surface area contributed by atoms with Gasteiger partial charge in [-0.05, 0) is 68.0 Å². The Morgan fingerprint density at radius 2 is 1.97 bits per heavy atom. The van der Waals surface area contributed by atoms with E-state index in [9.17, 15) is 13.6 Å². The minimum Gasteiger partial charge on any atom is -0.298 e. The first-order chi connectivity index (χ1) is 15.0. The summed E-state index contributed by atoms with van der Waals surface area (Å²) in [6, 6.07) is 9.59. The van der Waals surface area contributed by atoms with Crippen molar-refractivity contribution in [2.75, 3.05) is 5.32 Å². The normalized spacial score (nSPS) is 13.6. The van der Waals surface area contributed by atoms with Crippen LogP contribution in [0.25, 0.3) is 10.4 Å². The number of carbonyl (C=O) groups is 1. The molecule has 4 nitrogen and oxygen atoms in total. The second-order valence-electron chi connectivity index (χ2n) is 7.27. The van der Waals surface area contributed by atoms with E-state index in [0.29, 0.717) is 5.13 Å². The predicted molar refractivity (Wildman–Crippen MR) is 121 cm³/mol. The van der Waals surface area contributed by atoms with E-state index < -0.39 is 23.1 Å². The molecule has 1 heterocycles. The highest BCUT2D eigenvalue weighted by Gasteiger charge is 2.23. The van der Waals surface area contributed by atoms with Gasteiger partial charge in [-0.1, -0.05) is 35.6 Å². The van der Waals surface area contributed by atoms with Gasteiger partial charge in [-0.2, -0.15) is 0 Å². The van der Waals surface area contributed by atoms with Gasteiger partial charge in [0.25, 0.3) is 5.91 Å². The number of aliphatic imine (C=N–C) groups is 1. The lowest BCUT2D eigenvalue weighted by atomic mass is 9.99. The average molecular weight is 438 g/mol. The van der Waals surface area contributed by atoms with Gasteiger partial charge in [0.2, 0.25) is 0 Å². The van der Waals surface area contributed by atoms with Crippen LogP contribution in [0.15, 0.2) is 53.7 Å². The van der Waals surface area contributed by atoms with Crippen molar-refractivity contribution in [1.82, 2.24) is 4.98 Å². The number of aromatic nitrogens is 1. The van der Waals surface area contributed by atoms with Crippen molar-refractivity contribution in [3.8, 4) is 10.4 Å². The number of thiazole rings is 1. The highest BCUT2D eigenvalue weighted by atomic mass is 32.1. The number of halogens is 2. The van der Waals surface area contributed by atoms with E-state index >= 15 is 0 Å². The van der Waals surface area contributed by atoms with Gasteiger partial charge in [0.1, 0.15) is 17.2 Å². The Morgan fingerprint density at radius 1 is 1.19 bits per heavy atom. The van der Waals surface area contributed by atoms with Crippen LogP contribution in [0.3, 0.4) is 0 Å². The summed E-state index contributed by atoms with van der Waals surface area (Å²) in [6.07, 6.45) is 6.28. The van der Waals surface area contributed by atoms with Crippen LogP contribution < -0.4 is 5.32 Å². The second kappa shape index (κ2) is 8.89. The molecule has 0 saturated carbocycles. The number of fused-ring (bicyclic) bond motifs is 3. The van der Waals surface area contributed by atoms with Crippen LogP contribution in [-0.2, 0) is 12.8 Å². The molecule has 1 aliphatic rings. The highest BCUT2D eigenvalue weighted by molar-refractivity contribution is 7.19. The van der Waals surface area contributed by atoms with E-state index in [4.69, 9.17) is 0 Å². The molecule has 7 heteroatoms. The summed E-state index contributed by atoms with van der Waals surface area (Å²) in [5, 5.41) is 2.90. The van der Waals surface area contributed by atoms with E-state index in [0.717, 1.165) is 58.8 Å². The SMILES string of the molecule is C/C=C\N=C(/C)c1ccc2c(c1)CCCc1nc(NC(=O)c3c(F)cccc3F)sc1-2. The zero-order chi connectivity index (χ0) is 22.0. The summed E-state index contributed by atoms with van der Waals surface area (Å²) in [5.74, 6) is -2.64. The molecule has 158 valence electrons. The molecule has 3 aromatic rings. The molecule has 1 N–H and O–H groups in total. The fourth-order valence-corrected chi connectivity index (χ4v) is 4.68. The van der Waals surface area contributed by atoms with Gasteiger partial charge in [0, 0.05) is 11.9 Å². The lowest BCUT2D eigenvalue weighted by molar-refractivity contribution is 0.101. The van der Waals surface area contributed by atoms with Crippen molar-refractivity contribution in [2.24, 2.45) is 4.99 Å². The largest absolute Gasteiger partial charge is 0.298 e. The molecule has 4 rings (SSSR count). The molecule has 0 unspecified atom stereocenters. The predicted octanol–water partition coefficient (Wildman–Crippen LogP) is 6.17. The summed E-state index contributed by atoms with van der Waals surface area (Å²) in [5.41, 5.74) is 4.56. The van der Waals surface area contributed by atoms with Crippen LogP contribution in [0, 0.1) is 11.6 Å². The van der Waals surface area contributed by atoms with Crippen molar-refractivity contribution in [1.29, 1.82) is 0 Å². The maximum atomic E-state index is 13.9. The topological polar surface area (TPSA) is 54.4 Å². The minimum absolute atomic E-state index is 0.334. The highest BCUT2D eigenvalue weighted by Crippen LogP contribution is 2.39. The van der Waals surface area contributed by atoms with E-state index in [1.165, 1.54) is 23.0 Å². The first-order valence-electron chi connectivity index (χ1n) is 10.0. The number of benzene rings is 2. The third-order valence-electron chi connectivity index (χ3n) is 5.15. The Kier molecular flexibility index (Phi) is 6.04. The summed E-state index contributed by atoms with van der Waals surface area (Å²) in [7, 11) is 0. The number of allylic oxidation sites excluding steroid dienone is 1. The summed E-state index contributed by atoms with van der Waals surface area (Å²) in [4.78, 5) is 22.4. The molecule has 0 fully saturated rings. The van der Waals surface area contributed by atoms with Crippen molar-refractivity contribution >= 4 is 28.1 Å². The number of anilines is 1. The number of nitrogens with one attached hydrogen (secondary N) is 1. The third-order valence-corrected chi connectivity index (χ3v) is 6.20. The number of nitrogens with zero attached hydrogens (tertiary/aromatic N) is 2. The Balaban J connectivity index is 1.65. The Hall–Kier alpha value is -3.19. The lowest BCUT2D eigenvalue weighted by Crippen LogP contribution is -2.15. The molecule has 1 aromatic heterocycles. The number of carbonyl (C=O) groups excluding carboxylic acids is 1. The van der Waals surface area contributed by atoms with E-state index in [2.05, 4.69) is 27.4 Å². The number of hydrogen-bond donors (Lipinski definition) is 1. The van der Waals surface area contributed by atoms with E-state index in [1.54, 1.807) is 6.20 Å². The van der Waals surface area contributed by atoms with Gasteiger partial charge >= 0.3 is 0 Å². The molecule has 2 aromatic carbocycles. The van der Waals surface area contributed by atoms with Gasteiger partial charge < -0.3 is 0 Å². The molecule has 0 spiro atoms. The molecule has 0 aliphatic heterocycles. The van der Waals surface area contributed by atoms with E-state index in [1.807, 2.05) is 26.0 Å². The van der Waals surface area contributed by atoms with Crippen LogP contribution in [-0.4, -0.2) is 16.6 Å². The smallest absolute Gasteiger partial charge is 0.263 e. The van der Waals surface area contributed by atoms with Crippen molar-refractivity contribution in [3.63, 3.8) is 0 Å². The average Bonchev–Trinajstić information content (AvgIpc) is 3.05. The molecule has 0 saturated heterocycles. The number of hydrogen-bond acceptors (Lipinski definition) is 4. The standard InChI is InChI=1S/C24H21F2N3OS/c1-3-12-27-14(2)15-10-11-17-16(13-15)6-4-9-20-22(17)31-24(28-20)29-23(30)21-18(25)7-5-8-19(21)26/h3,5,7-8,10-13H,4,6,9H2,1-2H3,(H,28,29,30)/b12-3-,27-14+. The van der Waals surface area contributed by atoms with Crippen LogP contribution in [0.1, 0.15) is 47.4 Å². The Labute approximate surface area is 183 Å². The first-order valence-corrected chi connectivity index (χ1v) is 10.8. The lowest BCUT2D eigenvalue weighted by Gasteiger charge is -2.09. The maximum absolute atomic E-state index is 13.9. The number of amides is 1.